The summed E-state index contributed by atoms with van der Waals surface area (Å²) in [6.07, 6.45) is 1.16. The summed E-state index contributed by atoms with van der Waals surface area (Å²) in [4.78, 5) is -0.0642. The third-order valence-corrected chi connectivity index (χ3v) is 5.84. The van der Waals surface area contributed by atoms with Gasteiger partial charge in [0.1, 0.15) is 5.82 Å². The topological polar surface area (TPSA) is 81.4 Å². The number of nitrogens with one attached hydrogen (secondary N) is 1. The summed E-state index contributed by atoms with van der Waals surface area (Å²) in [7, 11) is -3.78. The molecule has 1 unspecified atom stereocenters. The number of nitrogens with two attached hydrogens (primary N) is 1. The Hall–Kier alpha value is -0.700. The number of rotatable bonds is 3. The first kappa shape index (κ1) is 16.7. The number of nitrogen functional groups attached to an aromatic ring is 1. The van der Waals surface area contributed by atoms with Crippen LogP contribution in [0.1, 0.15) is 26.7 Å². The molecule has 0 spiro atoms. The summed E-state index contributed by atoms with van der Waals surface area (Å²) in [6.45, 7) is 4.32. The van der Waals surface area contributed by atoms with Gasteiger partial charge in [0.05, 0.1) is 16.2 Å². The molecule has 0 saturated carbocycles. The quantitative estimate of drug-likeness (QED) is 0.788. The van der Waals surface area contributed by atoms with Crippen molar-refractivity contribution in [1.82, 2.24) is 4.72 Å². The predicted octanol–water partition coefficient (Wildman–Crippen LogP) is 2.41. The Balaban J connectivity index is 2.25. The second kappa shape index (κ2) is 5.83. The highest BCUT2D eigenvalue weighted by Gasteiger charge is 2.32. The van der Waals surface area contributed by atoms with Gasteiger partial charge in [-0.3, -0.25) is 0 Å². The molecule has 1 aliphatic rings. The van der Waals surface area contributed by atoms with E-state index in [0.29, 0.717) is 19.4 Å². The lowest BCUT2D eigenvalue weighted by Crippen LogP contribution is -2.45. The highest BCUT2D eigenvalue weighted by atomic mass is 79.9. The SMILES string of the molecule is CC1(C)CC(NS(=O)(=O)c2cc(N)c(F)cc2Br)CCO1. The second-order valence-electron chi connectivity index (χ2n) is 5.72. The van der Waals surface area contributed by atoms with Gasteiger partial charge in [-0.1, -0.05) is 0 Å². The fraction of sp³-hybridized carbons (Fsp3) is 0.538. The minimum Gasteiger partial charge on any atom is -0.396 e. The Morgan fingerprint density at radius 3 is 2.76 bits per heavy atom. The third-order valence-electron chi connectivity index (χ3n) is 3.36. The van der Waals surface area contributed by atoms with E-state index >= 15 is 0 Å². The van der Waals surface area contributed by atoms with Gasteiger partial charge in [-0.15, -0.1) is 0 Å². The molecule has 1 aromatic carbocycles. The van der Waals surface area contributed by atoms with Gasteiger partial charge < -0.3 is 10.5 Å². The largest absolute Gasteiger partial charge is 0.396 e. The molecule has 1 atom stereocenters. The molecule has 1 heterocycles. The summed E-state index contributed by atoms with van der Waals surface area (Å²) >= 11 is 3.06. The normalized spacial score (nSPS) is 22.2. The van der Waals surface area contributed by atoms with Gasteiger partial charge in [0.25, 0.3) is 0 Å². The molecule has 3 N–H and O–H groups in total. The Kier molecular flexibility index (Phi) is 4.63. The monoisotopic (exact) mass is 380 g/mol. The van der Waals surface area contributed by atoms with Crippen LogP contribution in [0.25, 0.3) is 0 Å². The molecule has 1 aliphatic heterocycles. The van der Waals surface area contributed by atoms with Gasteiger partial charge in [-0.05, 0) is 54.8 Å². The molecule has 0 aliphatic carbocycles. The molecule has 1 fully saturated rings. The number of anilines is 1. The molecule has 118 valence electrons. The van der Waals surface area contributed by atoms with Crippen molar-refractivity contribution in [2.75, 3.05) is 12.3 Å². The van der Waals surface area contributed by atoms with Crippen molar-refractivity contribution in [1.29, 1.82) is 0 Å². The second-order valence-corrected chi connectivity index (χ2v) is 8.26. The molecule has 8 heteroatoms. The van der Waals surface area contributed by atoms with E-state index in [-0.39, 0.29) is 26.7 Å². The summed E-state index contributed by atoms with van der Waals surface area (Å²) in [6, 6.07) is 1.95. The maximum atomic E-state index is 13.3. The van der Waals surface area contributed by atoms with Crippen LogP contribution in [-0.2, 0) is 14.8 Å². The average Bonchev–Trinajstić information content (AvgIpc) is 2.31. The zero-order valence-electron chi connectivity index (χ0n) is 11.8. The maximum absolute atomic E-state index is 13.3. The summed E-state index contributed by atoms with van der Waals surface area (Å²) in [5, 5.41) is 0. The van der Waals surface area contributed by atoms with Crippen LogP contribution in [0.3, 0.4) is 0 Å². The first-order valence-corrected chi connectivity index (χ1v) is 8.79. The highest BCUT2D eigenvalue weighted by Crippen LogP contribution is 2.29. The molecule has 1 aromatic rings. The van der Waals surface area contributed by atoms with Crippen LogP contribution in [-0.4, -0.2) is 26.7 Å². The predicted molar refractivity (Wildman–Crippen MR) is 81.9 cm³/mol. The van der Waals surface area contributed by atoms with Crippen LogP contribution in [0.2, 0.25) is 0 Å². The van der Waals surface area contributed by atoms with E-state index < -0.39 is 15.8 Å². The molecule has 21 heavy (non-hydrogen) atoms. The van der Waals surface area contributed by atoms with E-state index in [0.717, 1.165) is 12.1 Å². The number of hydrogen-bond donors (Lipinski definition) is 2. The first-order chi connectivity index (χ1) is 9.61. The Morgan fingerprint density at radius 1 is 1.48 bits per heavy atom. The van der Waals surface area contributed by atoms with Crippen LogP contribution in [0.15, 0.2) is 21.5 Å². The van der Waals surface area contributed by atoms with E-state index in [1.807, 2.05) is 13.8 Å². The van der Waals surface area contributed by atoms with Crippen molar-refractivity contribution < 1.29 is 17.5 Å². The number of halogens is 2. The molecule has 1 saturated heterocycles. The average molecular weight is 381 g/mol. The minimum absolute atomic E-state index is 0.0642. The summed E-state index contributed by atoms with van der Waals surface area (Å²) < 4.78 is 46.5. The van der Waals surface area contributed by atoms with E-state index in [9.17, 15) is 12.8 Å². The van der Waals surface area contributed by atoms with Gasteiger partial charge in [-0.25, -0.2) is 17.5 Å². The van der Waals surface area contributed by atoms with Crippen LogP contribution in [0.5, 0.6) is 0 Å². The number of hydrogen-bond acceptors (Lipinski definition) is 4. The number of ether oxygens (including phenoxy) is 1. The lowest BCUT2D eigenvalue weighted by molar-refractivity contribution is -0.0599. The van der Waals surface area contributed by atoms with Gasteiger partial charge in [0.15, 0.2) is 0 Å². The minimum atomic E-state index is -3.78. The zero-order chi connectivity index (χ0) is 15.8. The van der Waals surface area contributed by atoms with Gasteiger partial charge in [0.2, 0.25) is 10.0 Å². The fourth-order valence-corrected chi connectivity index (χ4v) is 4.69. The van der Waals surface area contributed by atoms with E-state index in [1.165, 1.54) is 0 Å². The molecular weight excluding hydrogens is 363 g/mol. The molecule has 5 nitrogen and oxygen atoms in total. The first-order valence-electron chi connectivity index (χ1n) is 6.51. The Bertz CT molecular complexity index is 649. The number of sulfonamides is 1. The van der Waals surface area contributed by atoms with Gasteiger partial charge >= 0.3 is 0 Å². The lowest BCUT2D eigenvalue weighted by Gasteiger charge is -2.35. The van der Waals surface area contributed by atoms with Crippen LogP contribution >= 0.6 is 15.9 Å². The Labute approximate surface area is 132 Å². The van der Waals surface area contributed by atoms with E-state index in [2.05, 4.69) is 20.7 Å². The molecular formula is C13H18BrFN2O3S. The molecule has 0 amide bonds. The highest BCUT2D eigenvalue weighted by molar-refractivity contribution is 9.10. The molecule has 0 bridgehead atoms. The van der Waals surface area contributed by atoms with E-state index in [4.69, 9.17) is 10.5 Å². The van der Waals surface area contributed by atoms with Gasteiger partial charge in [0, 0.05) is 17.1 Å². The standard InChI is InChI=1S/C13H18BrFN2O3S/c1-13(2)7-8(3-4-20-13)17-21(18,19)12-6-11(16)10(15)5-9(12)14/h5-6,8,17H,3-4,7,16H2,1-2H3. The lowest BCUT2D eigenvalue weighted by atomic mass is 9.95. The maximum Gasteiger partial charge on any atom is 0.242 e. The van der Waals surface area contributed by atoms with Crippen molar-refractivity contribution in [3.8, 4) is 0 Å². The number of benzene rings is 1. The molecule has 2 rings (SSSR count). The van der Waals surface area contributed by atoms with E-state index in [1.54, 1.807) is 0 Å². The zero-order valence-corrected chi connectivity index (χ0v) is 14.2. The fourth-order valence-electron chi connectivity index (χ4n) is 2.37. The summed E-state index contributed by atoms with van der Waals surface area (Å²) in [5.74, 6) is -0.659. The van der Waals surface area contributed by atoms with Crippen LogP contribution in [0, 0.1) is 5.82 Å². The van der Waals surface area contributed by atoms with Crippen LogP contribution in [0.4, 0.5) is 10.1 Å². The van der Waals surface area contributed by atoms with Crippen molar-refractivity contribution >= 4 is 31.6 Å². The third kappa shape index (κ3) is 3.94. The summed E-state index contributed by atoms with van der Waals surface area (Å²) in [5.41, 5.74) is 4.88. The molecule has 0 radical (unpaired) electrons. The van der Waals surface area contributed by atoms with Crippen molar-refractivity contribution in [3.05, 3.63) is 22.4 Å². The molecule has 0 aromatic heterocycles. The van der Waals surface area contributed by atoms with Crippen molar-refractivity contribution in [3.63, 3.8) is 0 Å². The van der Waals surface area contributed by atoms with Crippen molar-refractivity contribution in [2.24, 2.45) is 0 Å². The Morgan fingerprint density at radius 2 is 2.14 bits per heavy atom. The van der Waals surface area contributed by atoms with Crippen molar-refractivity contribution in [2.45, 2.75) is 43.2 Å². The van der Waals surface area contributed by atoms with Crippen LogP contribution < -0.4 is 10.5 Å². The van der Waals surface area contributed by atoms with Gasteiger partial charge in [-0.2, -0.15) is 0 Å². The smallest absolute Gasteiger partial charge is 0.242 e.